The molecule has 1 aliphatic heterocycles. The molecule has 1 amide bonds. The zero-order valence-corrected chi connectivity index (χ0v) is 19.9. The van der Waals surface area contributed by atoms with Crippen LogP contribution in [0, 0.1) is 0 Å². The summed E-state index contributed by atoms with van der Waals surface area (Å²) in [6.07, 6.45) is 1.53. The molecule has 0 bridgehead atoms. The molecule has 1 fully saturated rings. The standard InChI is InChI=1S/C19H29BrN4O.HI/c1-5-17(25)24-11-10-14(12-24)23-18(21-4)22-13-19(2,3)15-8-6-7-9-16(15)20;/h6-9,14H,5,10-13H2,1-4H3,(H2,21,22,23);1H. The van der Waals surface area contributed by atoms with Gasteiger partial charge in [-0.2, -0.15) is 0 Å². The number of halogens is 2. The molecule has 5 nitrogen and oxygen atoms in total. The van der Waals surface area contributed by atoms with E-state index in [1.54, 1.807) is 7.05 Å². The molecular formula is C19H30BrIN4O. The van der Waals surface area contributed by atoms with Crippen LogP contribution in [0.2, 0.25) is 0 Å². The van der Waals surface area contributed by atoms with Crippen LogP contribution in [0.4, 0.5) is 0 Å². The van der Waals surface area contributed by atoms with Crippen LogP contribution in [0.25, 0.3) is 0 Å². The van der Waals surface area contributed by atoms with Crippen molar-refractivity contribution in [3.8, 4) is 0 Å². The van der Waals surface area contributed by atoms with Gasteiger partial charge in [-0.15, -0.1) is 24.0 Å². The lowest BCUT2D eigenvalue weighted by molar-refractivity contribution is -0.129. The monoisotopic (exact) mass is 536 g/mol. The Balaban J connectivity index is 0.00000338. The summed E-state index contributed by atoms with van der Waals surface area (Å²) in [5.74, 6) is 1.01. The summed E-state index contributed by atoms with van der Waals surface area (Å²) < 4.78 is 1.12. The number of carbonyl (C=O) groups excluding carboxylic acids is 1. The van der Waals surface area contributed by atoms with Gasteiger partial charge in [-0.05, 0) is 18.1 Å². The lowest BCUT2D eigenvalue weighted by Gasteiger charge is -2.28. The molecule has 0 aromatic heterocycles. The minimum atomic E-state index is -0.0440. The van der Waals surface area contributed by atoms with Crippen molar-refractivity contribution >= 4 is 51.8 Å². The second-order valence-corrected chi connectivity index (χ2v) is 7.97. The number of hydrogen-bond acceptors (Lipinski definition) is 2. The molecule has 1 aromatic rings. The highest BCUT2D eigenvalue weighted by Crippen LogP contribution is 2.29. The van der Waals surface area contributed by atoms with Crippen molar-refractivity contribution in [2.75, 3.05) is 26.7 Å². The number of hydrogen-bond donors (Lipinski definition) is 2. The van der Waals surface area contributed by atoms with Gasteiger partial charge in [0.1, 0.15) is 0 Å². The predicted octanol–water partition coefficient (Wildman–Crippen LogP) is 3.52. The maximum atomic E-state index is 11.8. The third kappa shape index (κ3) is 6.11. The molecule has 146 valence electrons. The number of rotatable bonds is 5. The Morgan fingerprint density at radius 3 is 2.69 bits per heavy atom. The SMILES string of the molecule is CCC(=O)N1CCC(NC(=NC)NCC(C)(C)c2ccccc2Br)C1.I. The molecule has 7 heteroatoms. The maximum Gasteiger partial charge on any atom is 0.222 e. The zero-order chi connectivity index (χ0) is 18.4. The number of carbonyl (C=O) groups is 1. The number of benzene rings is 1. The van der Waals surface area contributed by atoms with Crippen LogP contribution in [0.1, 0.15) is 39.2 Å². The predicted molar refractivity (Wildman–Crippen MR) is 122 cm³/mol. The van der Waals surface area contributed by atoms with E-state index in [0.717, 1.165) is 36.5 Å². The molecule has 0 radical (unpaired) electrons. The van der Waals surface area contributed by atoms with Crippen molar-refractivity contribution in [3.05, 3.63) is 34.3 Å². The van der Waals surface area contributed by atoms with Crippen molar-refractivity contribution in [1.29, 1.82) is 0 Å². The summed E-state index contributed by atoms with van der Waals surface area (Å²) in [6.45, 7) is 8.67. The molecule has 0 aliphatic carbocycles. The van der Waals surface area contributed by atoms with Gasteiger partial charge in [0, 0.05) is 49.0 Å². The van der Waals surface area contributed by atoms with Gasteiger partial charge in [0.2, 0.25) is 5.91 Å². The van der Waals surface area contributed by atoms with E-state index in [9.17, 15) is 4.79 Å². The van der Waals surface area contributed by atoms with Crippen molar-refractivity contribution in [1.82, 2.24) is 15.5 Å². The first kappa shape index (κ1) is 23.2. The smallest absolute Gasteiger partial charge is 0.222 e. The quantitative estimate of drug-likeness (QED) is 0.344. The number of nitrogens with zero attached hydrogens (tertiary/aromatic N) is 2. The van der Waals surface area contributed by atoms with E-state index in [1.807, 2.05) is 17.9 Å². The lowest BCUT2D eigenvalue weighted by atomic mass is 9.84. The Labute approximate surface area is 182 Å². The average molecular weight is 537 g/mol. The van der Waals surface area contributed by atoms with Gasteiger partial charge < -0.3 is 15.5 Å². The highest BCUT2D eigenvalue weighted by Gasteiger charge is 2.27. The summed E-state index contributed by atoms with van der Waals surface area (Å²) in [5.41, 5.74) is 1.22. The molecule has 1 heterocycles. The molecule has 1 unspecified atom stereocenters. The average Bonchev–Trinajstić information content (AvgIpc) is 3.06. The molecule has 0 saturated carbocycles. The van der Waals surface area contributed by atoms with Crippen molar-refractivity contribution < 1.29 is 4.79 Å². The number of likely N-dealkylation sites (tertiary alicyclic amines) is 1. The Bertz CT molecular complexity index is 636. The van der Waals surface area contributed by atoms with E-state index in [2.05, 4.69) is 63.6 Å². The lowest BCUT2D eigenvalue weighted by Crippen LogP contribution is -2.48. The third-order valence-corrected chi connectivity index (χ3v) is 5.40. The minimum absolute atomic E-state index is 0. The fourth-order valence-corrected chi connectivity index (χ4v) is 3.95. The first-order valence-electron chi connectivity index (χ1n) is 8.87. The topological polar surface area (TPSA) is 56.7 Å². The number of nitrogens with one attached hydrogen (secondary N) is 2. The van der Waals surface area contributed by atoms with E-state index in [0.29, 0.717) is 6.42 Å². The Morgan fingerprint density at radius 1 is 1.38 bits per heavy atom. The molecule has 2 N–H and O–H groups in total. The number of amides is 1. The maximum absolute atomic E-state index is 11.8. The van der Waals surface area contributed by atoms with Crippen LogP contribution < -0.4 is 10.6 Å². The van der Waals surface area contributed by atoms with Crippen LogP contribution in [0.3, 0.4) is 0 Å². The van der Waals surface area contributed by atoms with E-state index in [1.165, 1.54) is 5.56 Å². The van der Waals surface area contributed by atoms with Crippen LogP contribution >= 0.6 is 39.9 Å². The van der Waals surface area contributed by atoms with Gasteiger partial charge in [-0.3, -0.25) is 9.79 Å². The van der Waals surface area contributed by atoms with Crippen LogP contribution in [-0.2, 0) is 10.2 Å². The fraction of sp³-hybridized carbons (Fsp3) is 0.579. The van der Waals surface area contributed by atoms with Gasteiger partial charge >= 0.3 is 0 Å². The highest BCUT2D eigenvalue weighted by molar-refractivity contribution is 14.0. The van der Waals surface area contributed by atoms with Crippen LogP contribution in [-0.4, -0.2) is 49.5 Å². The molecular weight excluding hydrogens is 507 g/mol. The zero-order valence-electron chi connectivity index (χ0n) is 16.0. The van der Waals surface area contributed by atoms with E-state index in [4.69, 9.17) is 0 Å². The van der Waals surface area contributed by atoms with Crippen LogP contribution in [0.5, 0.6) is 0 Å². The van der Waals surface area contributed by atoms with Crippen molar-refractivity contribution in [3.63, 3.8) is 0 Å². The van der Waals surface area contributed by atoms with Gasteiger partial charge in [-0.1, -0.05) is 54.9 Å². The molecule has 26 heavy (non-hydrogen) atoms. The molecule has 1 aliphatic rings. The minimum Gasteiger partial charge on any atom is -0.356 e. The first-order chi connectivity index (χ1) is 11.9. The summed E-state index contributed by atoms with van der Waals surface area (Å²) in [5, 5.41) is 6.88. The summed E-state index contributed by atoms with van der Waals surface area (Å²) >= 11 is 3.64. The van der Waals surface area contributed by atoms with E-state index >= 15 is 0 Å². The van der Waals surface area contributed by atoms with Crippen molar-refractivity contribution in [2.45, 2.75) is 45.1 Å². The van der Waals surface area contributed by atoms with E-state index < -0.39 is 0 Å². The normalized spacial score (nSPS) is 17.7. The third-order valence-electron chi connectivity index (χ3n) is 4.71. The number of guanidine groups is 1. The fourth-order valence-electron chi connectivity index (χ4n) is 3.13. The molecule has 1 atom stereocenters. The second-order valence-electron chi connectivity index (χ2n) is 7.11. The molecule has 2 rings (SSSR count). The molecule has 1 saturated heterocycles. The van der Waals surface area contributed by atoms with Crippen molar-refractivity contribution in [2.24, 2.45) is 4.99 Å². The second kappa shape index (κ2) is 10.5. The van der Waals surface area contributed by atoms with Gasteiger partial charge in [0.05, 0.1) is 0 Å². The van der Waals surface area contributed by atoms with Gasteiger partial charge in [-0.25, -0.2) is 0 Å². The Kier molecular flexibility index (Phi) is 9.36. The summed E-state index contributed by atoms with van der Waals surface area (Å²) in [7, 11) is 1.78. The van der Waals surface area contributed by atoms with Gasteiger partial charge in [0.25, 0.3) is 0 Å². The summed E-state index contributed by atoms with van der Waals surface area (Å²) in [6, 6.07) is 8.57. The Morgan fingerprint density at radius 2 is 2.08 bits per heavy atom. The molecule has 0 spiro atoms. The number of aliphatic imine (C=N–C) groups is 1. The van der Waals surface area contributed by atoms with Gasteiger partial charge in [0.15, 0.2) is 5.96 Å². The van der Waals surface area contributed by atoms with E-state index in [-0.39, 0.29) is 41.3 Å². The van der Waals surface area contributed by atoms with Crippen LogP contribution in [0.15, 0.2) is 33.7 Å². The Hall–Kier alpha value is -0.830. The molecule has 1 aromatic carbocycles. The summed E-state index contributed by atoms with van der Waals surface area (Å²) in [4.78, 5) is 18.1. The first-order valence-corrected chi connectivity index (χ1v) is 9.66. The highest BCUT2D eigenvalue weighted by atomic mass is 127. The largest absolute Gasteiger partial charge is 0.356 e.